The lowest BCUT2D eigenvalue weighted by Crippen LogP contribution is -1.82. The van der Waals surface area contributed by atoms with Crippen molar-refractivity contribution in [2.75, 3.05) is 0 Å². The minimum absolute atomic E-state index is 0.234. The zero-order valence-electron chi connectivity index (χ0n) is 7.85. The highest BCUT2D eigenvalue weighted by molar-refractivity contribution is 9.10. The molecule has 0 atom stereocenters. The van der Waals surface area contributed by atoms with Gasteiger partial charge in [0.25, 0.3) is 0 Å². The molecule has 2 aromatic rings. The molecule has 0 spiro atoms. The summed E-state index contributed by atoms with van der Waals surface area (Å²) in [5.74, 6) is 1.71. The van der Waals surface area contributed by atoms with E-state index >= 15 is 0 Å². The van der Waals surface area contributed by atoms with Crippen LogP contribution in [0.25, 0.3) is 0 Å². The van der Waals surface area contributed by atoms with Gasteiger partial charge in [-0.05, 0) is 48.5 Å². The van der Waals surface area contributed by atoms with Crippen LogP contribution >= 0.6 is 15.9 Å². The summed E-state index contributed by atoms with van der Waals surface area (Å²) in [6.07, 6.45) is 0. The summed E-state index contributed by atoms with van der Waals surface area (Å²) in [7, 11) is 0. The van der Waals surface area contributed by atoms with E-state index in [4.69, 9.17) is 9.84 Å². The molecule has 0 bridgehead atoms. The van der Waals surface area contributed by atoms with Gasteiger partial charge in [-0.3, -0.25) is 0 Å². The SMILES string of the molecule is Oc1ccc(Oc2ccc(Br)cc2)cc1. The van der Waals surface area contributed by atoms with Gasteiger partial charge in [0.1, 0.15) is 17.2 Å². The number of phenolic OH excluding ortho intramolecular Hbond substituents is 1. The first-order valence-electron chi connectivity index (χ1n) is 4.46. The summed E-state index contributed by atoms with van der Waals surface area (Å²) in [6.45, 7) is 0. The lowest BCUT2D eigenvalue weighted by atomic mass is 10.3. The summed E-state index contributed by atoms with van der Waals surface area (Å²) in [5, 5.41) is 9.10. The fourth-order valence-corrected chi connectivity index (χ4v) is 1.42. The van der Waals surface area contributed by atoms with Crippen molar-refractivity contribution in [2.45, 2.75) is 0 Å². The molecule has 0 saturated carbocycles. The van der Waals surface area contributed by atoms with Gasteiger partial charge >= 0.3 is 0 Å². The van der Waals surface area contributed by atoms with Crippen molar-refractivity contribution in [3.05, 3.63) is 53.0 Å². The van der Waals surface area contributed by atoms with Crippen molar-refractivity contribution in [2.24, 2.45) is 0 Å². The number of halogens is 1. The molecule has 0 saturated heterocycles. The first-order chi connectivity index (χ1) is 7.24. The van der Waals surface area contributed by atoms with Crippen molar-refractivity contribution in [3.8, 4) is 17.2 Å². The van der Waals surface area contributed by atoms with Crippen LogP contribution in [-0.2, 0) is 0 Å². The minimum Gasteiger partial charge on any atom is -0.508 e. The highest BCUT2D eigenvalue weighted by atomic mass is 79.9. The Labute approximate surface area is 96.3 Å². The average molecular weight is 265 g/mol. The highest BCUT2D eigenvalue weighted by Gasteiger charge is 1.96. The molecule has 76 valence electrons. The molecule has 0 radical (unpaired) electrons. The Hall–Kier alpha value is -1.48. The maximum Gasteiger partial charge on any atom is 0.127 e. The van der Waals surface area contributed by atoms with E-state index in [2.05, 4.69) is 15.9 Å². The van der Waals surface area contributed by atoms with Crippen LogP contribution in [0, 0.1) is 0 Å². The third-order valence-electron chi connectivity index (χ3n) is 1.89. The second-order valence-corrected chi connectivity index (χ2v) is 3.97. The second-order valence-electron chi connectivity index (χ2n) is 3.05. The zero-order chi connectivity index (χ0) is 10.7. The summed E-state index contributed by atoms with van der Waals surface area (Å²) >= 11 is 3.35. The summed E-state index contributed by atoms with van der Waals surface area (Å²) in [6, 6.07) is 14.2. The molecule has 3 heteroatoms. The van der Waals surface area contributed by atoms with Crippen LogP contribution in [0.15, 0.2) is 53.0 Å². The average Bonchev–Trinajstić information content (AvgIpc) is 2.25. The molecular weight excluding hydrogens is 256 g/mol. The maximum atomic E-state index is 9.10. The smallest absolute Gasteiger partial charge is 0.127 e. The summed E-state index contributed by atoms with van der Waals surface area (Å²) in [4.78, 5) is 0. The fraction of sp³-hybridized carbons (Fsp3) is 0. The Balaban J connectivity index is 2.15. The molecule has 2 aromatic carbocycles. The van der Waals surface area contributed by atoms with E-state index in [1.807, 2.05) is 24.3 Å². The largest absolute Gasteiger partial charge is 0.508 e. The van der Waals surface area contributed by atoms with Gasteiger partial charge < -0.3 is 9.84 Å². The molecule has 1 N–H and O–H groups in total. The van der Waals surface area contributed by atoms with Gasteiger partial charge in [-0.25, -0.2) is 0 Å². The Morgan fingerprint density at radius 2 is 1.27 bits per heavy atom. The predicted octanol–water partition coefficient (Wildman–Crippen LogP) is 3.95. The highest BCUT2D eigenvalue weighted by Crippen LogP contribution is 2.24. The van der Waals surface area contributed by atoms with Crippen LogP contribution in [0.2, 0.25) is 0 Å². The van der Waals surface area contributed by atoms with Crippen LogP contribution in [-0.4, -0.2) is 5.11 Å². The van der Waals surface area contributed by atoms with E-state index in [0.29, 0.717) is 5.75 Å². The topological polar surface area (TPSA) is 29.5 Å². The van der Waals surface area contributed by atoms with Gasteiger partial charge in [0.2, 0.25) is 0 Å². The molecular formula is C12H9BrO2. The lowest BCUT2D eigenvalue weighted by Gasteiger charge is -2.05. The van der Waals surface area contributed by atoms with Crippen molar-refractivity contribution in [1.29, 1.82) is 0 Å². The predicted molar refractivity (Wildman–Crippen MR) is 62.3 cm³/mol. The van der Waals surface area contributed by atoms with Gasteiger partial charge in [0.15, 0.2) is 0 Å². The van der Waals surface area contributed by atoms with Crippen LogP contribution in [0.4, 0.5) is 0 Å². The molecule has 15 heavy (non-hydrogen) atoms. The number of ether oxygens (including phenoxy) is 1. The Morgan fingerprint density at radius 3 is 1.80 bits per heavy atom. The molecule has 0 aliphatic heterocycles. The summed E-state index contributed by atoms with van der Waals surface area (Å²) < 4.78 is 6.57. The normalized spacial score (nSPS) is 9.93. The number of hydrogen-bond acceptors (Lipinski definition) is 2. The van der Waals surface area contributed by atoms with E-state index in [1.54, 1.807) is 24.3 Å². The van der Waals surface area contributed by atoms with Gasteiger partial charge in [-0.15, -0.1) is 0 Å². The van der Waals surface area contributed by atoms with E-state index in [1.165, 1.54) is 0 Å². The van der Waals surface area contributed by atoms with E-state index in [-0.39, 0.29) is 5.75 Å². The Bertz CT molecular complexity index is 391. The third-order valence-corrected chi connectivity index (χ3v) is 2.41. The first-order valence-corrected chi connectivity index (χ1v) is 5.26. The number of aromatic hydroxyl groups is 1. The third kappa shape index (κ3) is 2.73. The molecule has 0 unspecified atom stereocenters. The van der Waals surface area contributed by atoms with Crippen molar-refractivity contribution in [1.82, 2.24) is 0 Å². The molecule has 0 aliphatic carbocycles. The number of hydrogen-bond donors (Lipinski definition) is 1. The second kappa shape index (κ2) is 4.36. The van der Waals surface area contributed by atoms with Crippen LogP contribution in [0.5, 0.6) is 17.2 Å². The molecule has 2 nitrogen and oxygen atoms in total. The minimum atomic E-state index is 0.234. The van der Waals surface area contributed by atoms with Crippen LogP contribution in [0.1, 0.15) is 0 Å². The first kappa shape index (κ1) is 10.1. The van der Waals surface area contributed by atoms with Crippen molar-refractivity contribution >= 4 is 15.9 Å². The van der Waals surface area contributed by atoms with Crippen LogP contribution in [0.3, 0.4) is 0 Å². The Morgan fingerprint density at radius 1 is 0.800 bits per heavy atom. The monoisotopic (exact) mass is 264 g/mol. The molecule has 0 amide bonds. The fourth-order valence-electron chi connectivity index (χ4n) is 1.15. The van der Waals surface area contributed by atoms with E-state index < -0.39 is 0 Å². The molecule has 0 aliphatic rings. The zero-order valence-corrected chi connectivity index (χ0v) is 9.44. The molecule has 0 aromatic heterocycles. The standard InChI is InChI=1S/C12H9BrO2/c13-9-1-5-11(6-2-9)15-12-7-3-10(14)4-8-12/h1-8,14H. The molecule has 0 fully saturated rings. The number of phenols is 1. The number of rotatable bonds is 2. The molecule has 0 heterocycles. The maximum absolute atomic E-state index is 9.10. The lowest BCUT2D eigenvalue weighted by molar-refractivity contribution is 0.464. The quantitative estimate of drug-likeness (QED) is 0.890. The molecule has 2 rings (SSSR count). The van der Waals surface area contributed by atoms with Crippen LogP contribution < -0.4 is 4.74 Å². The Kier molecular flexibility index (Phi) is 2.92. The van der Waals surface area contributed by atoms with Crippen molar-refractivity contribution < 1.29 is 9.84 Å². The summed E-state index contributed by atoms with van der Waals surface area (Å²) in [5.41, 5.74) is 0. The van der Waals surface area contributed by atoms with Gasteiger partial charge in [0, 0.05) is 4.47 Å². The van der Waals surface area contributed by atoms with E-state index in [0.717, 1.165) is 10.2 Å². The van der Waals surface area contributed by atoms with Gasteiger partial charge in [-0.1, -0.05) is 15.9 Å². The van der Waals surface area contributed by atoms with Gasteiger partial charge in [0.05, 0.1) is 0 Å². The van der Waals surface area contributed by atoms with Gasteiger partial charge in [-0.2, -0.15) is 0 Å². The number of benzene rings is 2. The van der Waals surface area contributed by atoms with E-state index in [9.17, 15) is 0 Å². The van der Waals surface area contributed by atoms with Crippen molar-refractivity contribution in [3.63, 3.8) is 0 Å².